The summed E-state index contributed by atoms with van der Waals surface area (Å²) >= 11 is 1.87. The van der Waals surface area contributed by atoms with Gasteiger partial charge in [-0.2, -0.15) is 0 Å². The summed E-state index contributed by atoms with van der Waals surface area (Å²) in [6.45, 7) is 9.92. The molecule has 0 saturated carbocycles. The van der Waals surface area contributed by atoms with Gasteiger partial charge in [0, 0.05) is 17.0 Å². The fourth-order valence-electron chi connectivity index (χ4n) is 2.51. The van der Waals surface area contributed by atoms with Crippen molar-refractivity contribution in [2.75, 3.05) is 6.54 Å². The second-order valence-electron chi connectivity index (χ2n) is 6.86. The van der Waals surface area contributed by atoms with Gasteiger partial charge in [-0.3, -0.25) is 0 Å². The van der Waals surface area contributed by atoms with Crippen LogP contribution in [0.15, 0.2) is 41.8 Å². The van der Waals surface area contributed by atoms with E-state index in [1.54, 1.807) is 0 Å². The Morgan fingerprint density at radius 1 is 1.14 bits per heavy atom. The molecule has 0 aliphatic heterocycles. The van der Waals surface area contributed by atoms with E-state index in [2.05, 4.69) is 74.8 Å². The van der Waals surface area contributed by atoms with Gasteiger partial charge in [0.15, 0.2) is 0 Å². The van der Waals surface area contributed by atoms with Crippen molar-refractivity contribution in [1.82, 2.24) is 5.32 Å². The van der Waals surface area contributed by atoms with Gasteiger partial charge in [-0.1, -0.05) is 35.9 Å². The lowest BCUT2D eigenvalue weighted by Crippen LogP contribution is -2.38. The summed E-state index contributed by atoms with van der Waals surface area (Å²) in [7, 11) is 0. The van der Waals surface area contributed by atoms with Gasteiger partial charge in [0.1, 0.15) is 0 Å². The second-order valence-corrected chi connectivity index (χ2v) is 7.89. The molecular weight excluding hydrogens is 274 g/mol. The Hall–Kier alpha value is -1.12. The summed E-state index contributed by atoms with van der Waals surface area (Å²) in [6.07, 6.45) is 2.37. The first-order valence-electron chi connectivity index (χ1n) is 7.78. The summed E-state index contributed by atoms with van der Waals surface area (Å²) in [5, 5.41) is 5.84. The second kappa shape index (κ2) is 7.24. The minimum atomic E-state index is 0.172. The average molecular weight is 301 g/mol. The van der Waals surface area contributed by atoms with Crippen molar-refractivity contribution < 1.29 is 0 Å². The van der Waals surface area contributed by atoms with Crippen molar-refractivity contribution in [3.05, 3.63) is 57.8 Å². The predicted molar refractivity (Wildman–Crippen MR) is 94.3 cm³/mol. The van der Waals surface area contributed by atoms with Gasteiger partial charge >= 0.3 is 0 Å². The summed E-state index contributed by atoms with van der Waals surface area (Å²) in [4.78, 5) is 1.49. The third-order valence-corrected chi connectivity index (χ3v) is 4.65. The van der Waals surface area contributed by atoms with Crippen LogP contribution in [0, 0.1) is 6.92 Å². The van der Waals surface area contributed by atoms with Crippen molar-refractivity contribution in [2.45, 2.75) is 52.0 Å². The molecule has 1 aromatic carbocycles. The van der Waals surface area contributed by atoms with Crippen LogP contribution in [0.3, 0.4) is 0 Å². The van der Waals surface area contributed by atoms with Crippen molar-refractivity contribution in [3.8, 4) is 0 Å². The van der Waals surface area contributed by atoms with Crippen molar-refractivity contribution in [1.29, 1.82) is 0 Å². The van der Waals surface area contributed by atoms with Gasteiger partial charge in [0.2, 0.25) is 0 Å². The van der Waals surface area contributed by atoms with Gasteiger partial charge in [0.25, 0.3) is 0 Å². The first-order valence-corrected chi connectivity index (χ1v) is 8.66. The number of aryl methyl sites for hydroxylation is 2. The lowest BCUT2D eigenvalue weighted by atomic mass is 9.92. The first-order chi connectivity index (χ1) is 9.94. The Morgan fingerprint density at radius 3 is 2.57 bits per heavy atom. The normalized spacial score (nSPS) is 13.3. The van der Waals surface area contributed by atoms with E-state index < -0.39 is 0 Å². The molecule has 1 nitrogen and oxygen atoms in total. The zero-order valence-corrected chi connectivity index (χ0v) is 14.5. The van der Waals surface area contributed by atoms with Crippen LogP contribution in [0.2, 0.25) is 0 Å². The zero-order chi connectivity index (χ0) is 15.3. The van der Waals surface area contributed by atoms with E-state index in [0.717, 1.165) is 6.54 Å². The molecule has 2 rings (SSSR count). The summed E-state index contributed by atoms with van der Waals surface area (Å²) in [6, 6.07) is 13.4. The Bertz CT molecular complexity index is 537. The molecule has 0 spiro atoms. The van der Waals surface area contributed by atoms with Crippen LogP contribution >= 0.6 is 11.3 Å². The van der Waals surface area contributed by atoms with Crippen LogP contribution in [0.5, 0.6) is 0 Å². The SMILES string of the molecule is Cc1cccc(C(CCc2cccs2)CNC(C)(C)C)c1. The number of hydrogen-bond donors (Lipinski definition) is 1. The van der Waals surface area contributed by atoms with Crippen LogP contribution in [-0.4, -0.2) is 12.1 Å². The third-order valence-electron chi connectivity index (χ3n) is 3.71. The molecule has 2 heteroatoms. The highest BCUT2D eigenvalue weighted by molar-refractivity contribution is 7.09. The minimum absolute atomic E-state index is 0.172. The van der Waals surface area contributed by atoms with E-state index in [1.165, 1.54) is 28.8 Å². The maximum absolute atomic E-state index is 3.67. The molecule has 1 atom stereocenters. The molecule has 1 heterocycles. The molecule has 1 unspecified atom stereocenters. The number of thiophene rings is 1. The first kappa shape index (κ1) is 16.3. The Kier molecular flexibility index (Phi) is 5.60. The van der Waals surface area contributed by atoms with E-state index in [-0.39, 0.29) is 5.54 Å². The highest BCUT2D eigenvalue weighted by atomic mass is 32.1. The molecule has 0 saturated heterocycles. The molecule has 114 valence electrons. The minimum Gasteiger partial charge on any atom is -0.311 e. The molecule has 0 radical (unpaired) electrons. The highest BCUT2D eigenvalue weighted by Crippen LogP contribution is 2.24. The Labute approximate surface area is 133 Å². The lowest BCUT2D eigenvalue weighted by molar-refractivity contribution is 0.399. The molecule has 0 fully saturated rings. The average Bonchev–Trinajstić information content (AvgIpc) is 2.90. The van der Waals surface area contributed by atoms with Crippen molar-refractivity contribution >= 4 is 11.3 Å². The van der Waals surface area contributed by atoms with Crippen molar-refractivity contribution in [3.63, 3.8) is 0 Å². The monoisotopic (exact) mass is 301 g/mol. The number of nitrogens with one attached hydrogen (secondary N) is 1. The van der Waals surface area contributed by atoms with Gasteiger partial charge in [0.05, 0.1) is 0 Å². The number of hydrogen-bond acceptors (Lipinski definition) is 2. The molecule has 21 heavy (non-hydrogen) atoms. The predicted octanol–water partition coefficient (Wildman–Crippen LogP) is 5.16. The van der Waals surface area contributed by atoms with Crippen molar-refractivity contribution in [2.24, 2.45) is 0 Å². The van der Waals surface area contributed by atoms with Gasteiger partial charge < -0.3 is 5.32 Å². The fraction of sp³-hybridized carbons (Fsp3) is 0.474. The fourth-order valence-corrected chi connectivity index (χ4v) is 3.24. The van der Waals surface area contributed by atoms with Crippen LogP contribution in [0.25, 0.3) is 0 Å². The van der Waals surface area contributed by atoms with Gasteiger partial charge in [-0.25, -0.2) is 0 Å². The van der Waals surface area contributed by atoms with Crippen LogP contribution in [0.1, 0.15) is 49.1 Å². The van der Waals surface area contributed by atoms with E-state index in [0.29, 0.717) is 5.92 Å². The van der Waals surface area contributed by atoms with Crippen LogP contribution < -0.4 is 5.32 Å². The number of benzene rings is 1. The summed E-state index contributed by atoms with van der Waals surface area (Å²) in [5.74, 6) is 0.575. The van der Waals surface area contributed by atoms with E-state index in [4.69, 9.17) is 0 Å². The molecule has 2 aromatic rings. The van der Waals surface area contributed by atoms with Crippen LogP contribution in [-0.2, 0) is 6.42 Å². The molecule has 0 aliphatic rings. The molecular formula is C19H27NS. The highest BCUT2D eigenvalue weighted by Gasteiger charge is 2.16. The smallest absolute Gasteiger partial charge is 0.00967 e. The van der Waals surface area contributed by atoms with Gasteiger partial charge in [-0.15, -0.1) is 11.3 Å². The van der Waals surface area contributed by atoms with Crippen LogP contribution in [0.4, 0.5) is 0 Å². The summed E-state index contributed by atoms with van der Waals surface area (Å²) < 4.78 is 0. The molecule has 0 aliphatic carbocycles. The van der Waals surface area contributed by atoms with E-state index in [9.17, 15) is 0 Å². The Morgan fingerprint density at radius 2 is 1.95 bits per heavy atom. The molecule has 1 aromatic heterocycles. The standard InChI is InChI=1S/C19H27NS/c1-15-7-5-8-16(13-15)17(14-20-19(2,3)4)10-11-18-9-6-12-21-18/h5-9,12-13,17,20H,10-11,14H2,1-4H3. The van der Waals surface area contributed by atoms with Gasteiger partial charge in [-0.05, 0) is 63.5 Å². The molecule has 0 amide bonds. The zero-order valence-electron chi connectivity index (χ0n) is 13.6. The number of rotatable bonds is 6. The largest absolute Gasteiger partial charge is 0.311 e. The Balaban J connectivity index is 2.06. The topological polar surface area (TPSA) is 12.0 Å². The maximum atomic E-state index is 3.67. The quantitative estimate of drug-likeness (QED) is 0.777. The third kappa shape index (κ3) is 5.64. The maximum Gasteiger partial charge on any atom is 0.00967 e. The lowest BCUT2D eigenvalue weighted by Gasteiger charge is -2.26. The van der Waals surface area contributed by atoms with E-state index >= 15 is 0 Å². The van der Waals surface area contributed by atoms with E-state index in [1.807, 2.05) is 11.3 Å². The molecule has 0 bridgehead atoms. The summed E-state index contributed by atoms with van der Waals surface area (Å²) in [5.41, 5.74) is 2.98. The molecule has 1 N–H and O–H groups in total.